The largest absolute Gasteiger partial charge is 0.348 e. The summed E-state index contributed by atoms with van der Waals surface area (Å²) in [5.41, 5.74) is 6.70. The molecular weight excluding hydrogens is 334 g/mol. The first-order valence-corrected chi connectivity index (χ1v) is 7.68. The third kappa shape index (κ3) is 5.85. The number of hydrogen-bond acceptors (Lipinski definition) is 3. The van der Waals surface area contributed by atoms with Crippen LogP contribution in [0.4, 0.5) is 0 Å². The van der Waals surface area contributed by atoms with Gasteiger partial charge in [0.05, 0.1) is 18.6 Å². The molecule has 0 aromatic heterocycles. The molecule has 0 saturated carbocycles. The predicted molar refractivity (Wildman–Crippen MR) is 86.5 cm³/mol. The number of carbonyl (C=O) groups excluding carboxylic acids is 2. The monoisotopic (exact) mass is 355 g/mol. The van der Waals surface area contributed by atoms with Gasteiger partial charge in [0, 0.05) is 4.47 Å². The van der Waals surface area contributed by atoms with E-state index in [4.69, 9.17) is 5.73 Å². The van der Waals surface area contributed by atoms with Crippen molar-refractivity contribution in [2.75, 3.05) is 6.54 Å². The second kappa shape index (κ2) is 8.14. The molecule has 116 valence electrons. The van der Waals surface area contributed by atoms with Crippen LogP contribution in [0.3, 0.4) is 0 Å². The summed E-state index contributed by atoms with van der Waals surface area (Å²) in [7, 11) is 0. The molecule has 1 rings (SSSR count). The van der Waals surface area contributed by atoms with Gasteiger partial charge in [0.1, 0.15) is 0 Å². The average molecular weight is 356 g/mol. The van der Waals surface area contributed by atoms with Crippen molar-refractivity contribution in [1.82, 2.24) is 10.6 Å². The Kier molecular flexibility index (Phi) is 6.84. The summed E-state index contributed by atoms with van der Waals surface area (Å²) in [4.78, 5) is 23.5. The fraction of sp³-hybridized carbons (Fsp3) is 0.467. The second-order valence-corrected chi connectivity index (χ2v) is 6.25. The number of halogens is 1. The van der Waals surface area contributed by atoms with Crippen molar-refractivity contribution in [3.05, 3.63) is 34.3 Å². The van der Waals surface area contributed by atoms with Gasteiger partial charge in [-0.25, -0.2) is 0 Å². The zero-order chi connectivity index (χ0) is 16.0. The lowest BCUT2D eigenvalue weighted by Crippen LogP contribution is -2.47. The molecule has 2 atom stereocenters. The Bertz CT molecular complexity index is 505. The van der Waals surface area contributed by atoms with E-state index in [0.29, 0.717) is 0 Å². The topological polar surface area (TPSA) is 84.2 Å². The van der Waals surface area contributed by atoms with Crippen molar-refractivity contribution in [2.24, 2.45) is 11.7 Å². The van der Waals surface area contributed by atoms with Crippen LogP contribution in [0.1, 0.15) is 32.4 Å². The van der Waals surface area contributed by atoms with Crippen LogP contribution < -0.4 is 16.4 Å². The van der Waals surface area contributed by atoms with Crippen LogP contribution in [0.15, 0.2) is 28.7 Å². The maximum absolute atomic E-state index is 11.8. The first kappa shape index (κ1) is 17.7. The van der Waals surface area contributed by atoms with E-state index >= 15 is 0 Å². The molecule has 6 heteroatoms. The highest BCUT2D eigenvalue weighted by molar-refractivity contribution is 9.10. The molecule has 21 heavy (non-hydrogen) atoms. The molecule has 0 fully saturated rings. The van der Waals surface area contributed by atoms with Crippen LogP contribution in [0.25, 0.3) is 0 Å². The van der Waals surface area contributed by atoms with Crippen LogP contribution >= 0.6 is 15.9 Å². The van der Waals surface area contributed by atoms with E-state index in [-0.39, 0.29) is 30.3 Å². The Hall–Kier alpha value is -1.40. The number of nitrogens with one attached hydrogen (secondary N) is 2. The lowest BCUT2D eigenvalue weighted by molar-refractivity contribution is -0.127. The third-order valence-corrected chi connectivity index (χ3v) is 3.66. The molecule has 1 aromatic carbocycles. The lowest BCUT2D eigenvalue weighted by Gasteiger charge is -2.17. The summed E-state index contributed by atoms with van der Waals surface area (Å²) in [6.07, 6.45) is 0. The lowest BCUT2D eigenvalue weighted by atomic mass is 10.1. The number of hydrogen-bond donors (Lipinski definition) is 3. The van der Waals surface area contributed by atoms with Gasteiger partial charge in [0.25, 0.3) is 0 Å². The summed E-state index contributed by atoms with van der Waals surface area (Å²) in [5.74, 6) is -0.518. The number of amides is 2. The Labute approximate surface area is 133 Å². The van der Waals surface area contributed by atoms with Crippen molar-refractivity contribution < 1.29 is 9.59 Å². The molecule has 0 radical (unpaired) electrons. The zero-order valence-electron chi connectivity index (χ0n) is 12.5. The average Bonchev–Trinajstić information content (AvgIpc) is 2.43. The number of benzene rings is 1. The molecule has 0 aliphatic rings. The summed E-state index contributed by atoms with van der Waals surface area (Å²) in [6.45, 7) is 5.54. The van der Waals surface area contributed by atoms with Gasteiger partial charge in [-0.1, -0.05) is 41.9 Å². The molecule has 0 aliphatic carbocycles. The maximum atomic E-state index is 11.8. The molecule has 4 N–H and O–H groups in total. The van der Waals surface area contributed by atoms with Crippen molar-refractivity contribution in [3.8, 4) is 0 Å². The van der Waals surface area contributed by atoms with Crippen molar-refractivity contribution in [1.29, 1.82) is 0 Å². The number of carbonyl (C=O) groups is 2. The molecule has 1 aromatic rings. The zero-order valence-corrected chi connectivity index (χ0v) is 14.1. The summed E-state index contributed by atoms with van der Waals surface area (Å²) < 4.78 is 0.956. The van der Waals surface area contributed by atoms with E-state index in [9.17, 15) is 9.59 Å². The minimum Gasteiger partial charge on any atom is -0.348 e. The molecule has 2 amide bonds. The Balaban J connectivity index is 2.45. The predicted octanol–water partition coefficient (Wildman–Crippen LogP) is 1.73. The third-order valence-electron chi connectivity index (χ3n) is 3.17. The number of rotatable bonds is 6. The van der Waals surface area contributed by atoms with Crippen LogP contribution in [-0.4, -0.2) is 24.4 Å². The molecule has 0 bridgehead atoms. The van der Waals surface area contributed by atoms with E-state index in [1.807, 2.05) is 45.0 Å². The molecule has 1 unspecified atom stereocenters. The highest BCUT2D eigenvalue weighted by Gasteiger charge is 2.18. The van der Waals surface area contributed by atoms with Crippen LogP contribution in [0.5, 0.6) is 0 Å². The van der Waals surface area contributed by atoms with Crippen LogP contribution in [0.2, 0.25) is 0 Å². The Morgan fingerprint density at radius 3 is 2.52 bits per heavy atom. The molecule has 0 aliphatic heterocycles. The van der Waals surface area contributed by atoms with Gasteiger partial charge >= 0.3 is 0 Å². The van der Waals surface area contributed by atoms with Gasteiger partial charge in [-0.05, 0) is 30.5 Å². The van der Waals surface area contributed by atoms with Crippen molar-refractivity contribution in [3.63, 3.8) is 0 Å². The fourth-order valence-electron chi connectivity index (χ4n) is 1.74. The highest BCUT2D eigenvalue weighted by Crippen LogP contribution is 2.17. The molecule has 0 spiro atoms. The van der Waals surface area contributed by atoms with Gasteiger partial charge < -0.3 is 16.4 Å². The molecular formula is C15H22BrN3O2. The van der Waals surface area contributed by atoms with Gasteiger partial charge in [0.15, 0.2) is 0 Å². The summed E-state index contributed by atoms with van der Waals surface area (Å²) in [6, 6.07) is 6.98. The van der Waals surface area contributed by atoms with Gasteiger partial charge in [-0.3, -0.25) is 9.59 Å². The molecule has 0 heterocycles. The maximum Gasteiger partial charge on any atom is 0.239 e. The van der Waals surface area contributed by atoms with Gasteiger partial charge in [0.2, 0.25) is 11.8 Å². The minimum absolute atomic E-state index is 0.0358. The van der Waals surface area contributed by atoms with E-state index in [2.05, 4.69) is 26.6 Å². The molecule has 5 nitrogen and oxygen atoms in total. The highest BCUT2D eigenvalue weighted by atomic mass is 79.9. The van der Waals surface area contributed by atoms with E-state index in [1.165, 1.54) is 0 Å². The van der Waals surface area contributed by atoms with Crippen molar-refractivity contribution in [2.45, 2.75) is 32.9 Å². The first-order valence-electron chi connectivity index (χ1n) is 6.89. The summed E-state index contributed by atoms with van der Waals surface area (Å²) in [5, 5.41) is 5.38. The second-order valence-electron chi connectivity index (χ2n) is 5.33. The van der Waals surface area contributed by atoms with E-state index in [1.54, 1.807) is 0 Å². The smallest absolute Gasteiger partial charge is 0.239 e. The SMILES string of the molecule is CC(NC(=O)CNC(=O)[C@@H](N)C(C)C)c1cccc(Br)c1. The van der Waals surface area contributed by atoms with E-state index in [0.717, 1.165) is 10.0 Å². The quantitative estimate of drug-likeness (QED) is 0.726. The summed E-state index contributed by atoms with van der Waals surface area (Å²) >= 11 is 3.39. The van der Waals surface area contributed by atoms with Crippen LogP contribution in [-0.2, 0) is 9.59 Å². The fourth-order valence-corrected chi connectivity index (χ4v) is 2.16. The van der Waals surface area contributed by atoms with Crippen LogP contribution in [0, 0.1) is 5.92 Å². The molecule has 0 saturated heterocycles. The Morgan fingerprint density at radius 1 is 1.29 bits per heavy atom. The standard InChI is InChI=1S/C15H22BrN3O2/c1-9(2)14(17)15(21)18-8-13(20)19-10(3)11-5-4-6-12(16)7-11/h4-7,9-10,14H,8,17H2,1-3H3,(H,18,21)(H,19,20)/t10?,14-/m0/s1. The normalized spacial score (nSPS) is 13.6. The Morgan fingerprint density at radius 2 is 1.95 bits per heavy atom. The minimum atomic E-state index is -0.597. The van der Waals surface area contributed by atoms with E-state index < -0.39 is 6.04 Å². The number of nitrogens with two attached hydrogens (primary N) is 1. The van der Waals surface area contributed by atoms with Gasteiger partial charge in [-0.15, -0.1) is 0 Å². The van der Waals surface area contributed by atoms with Crippen molar-refractivity contribution >= 4 is 27.7 Å². The van der Waals surface area contributed by atoms with Gasteiger partial charge in [-0.2, -0.15) is 0 Å². The first-order chi connectivity index (χ1) is 9.81.